The molecule has 0 aliphatic carbocycles. The zero-order valence-electron chi connectivity index (χ0n) is 14.4. The highest BCUT2D eigenvalue weighted by atomic mass is 35.5. The molecule has 2 aromatic rings. The maximum Gasteiger partial charge on any atom is 0.259 e. The molecule has 138 valence electrons. The number of hydrogen-bond donors (Lipinski definition) is 1. The number of alkyl halides is 2. The minimum Gasteiger partial charge on any atom is -0.356 e. The van der Waals surface area contributed by atoms with Crippen LogP contribution >= 0.6 is 11.6 Å². The lowest BCUT2D eigenvalue weighted by molar-refractivity contribution is -0.0102. The lowest BCUT2D eigenvalue weighted by Gasteiger charge is -2.24. The number of halogens is 3. The van der Waals surface area contributed by atoms with Crippen molar-refractivity contribution in [1.29, 1.82) is 0 Å². The van der Waals surface area contributed by atoms with E-state index < -0.39 is 5.92 Å². The number of pyridine rings is 1. The third-order valence-electron chi connectivity index (χ3n) is 4.38. The van der Waals surface area contributed by atoms with Gasteiger partial charge in [-0.2, -0.15) is 0 Å². The molecule has 0 saturated carbocycles. The summed E-state index contributed by atoms with van der Waals surface area (Å²) in [4.78, 5) is 18.7. The van der Waals surface area contributed by atoms with Gasteiger partial charge in [-0.3, -0.25) is 4.79 Å². The van der Waals surface area contributed by atoms with Gasteiger partial charge in [0, 0.05) is 31.6 Å². The van der Waals surface area contributed by atoms with Crippen LogP contribution in [-0.2, 0) is 0 Å². The molecule has 0 spiro atoms. The first-order valence-electron chi connectivity index (χ1n) is 8.51. The van der Waals surface area contributed by atoms with Gasteiger partial charge in [0.25, 0.3) is 5.91 Å². The molecule has 0 atom stereocenters. The number of benzene rings is 1. The summed E-state index contributed by atoms with van der Waals surface area (Å²) in [5.41, 5.74) is 2.01. The number of aromatic nitrogens is 1. The second-order valence-electron chi connectivity index (χ2n) is 6.53. The van der Waals surface area contributed by atoms with Crippen LogP contribution < -0.4 is 10.2 Å². The second kappa shape index (κ2) is 7.58. The number of carbonyl (C=O) groups excluding carboxylic acids is 1. The third-order valence-corrected chi connectivity index (χ3v) is 4.59. The lowest BCUT2D eigenvalue weighted by Crippen LogP contribution is -2.29. The van der Waals surface area contributed by atoms with Gasteiger partial charge in [0.05, 0.1) is 5.56 Å². The summed E-state index contributed by atoms with van der Waals surface area (Å²) in [7, 11) is 0. The summed E-state index contributed by atoms with van der Waals surface area (Å²) in [6.45, 7) is 2.47. The number of amides is 1. The highest BCUT2D eigenvalue weighted by Gasteiger charge is 2.33. The monoisotopic (exact) mass is 379 g/mol. The van der Waals surface area contributed by atoms with E-state index in [2.05, 4.69) is 10.3 Å². The van der Waals surface area contributed by atoms with Gasteiger partial charge in [-0.05, 0) is 43.2 Å². The predicted octanol–water partition coefficient (Wildman–Crippen LogP) is 4.92. The van der Waals surface area contributed by atoms with Crippen molar-refractivity contribution in [2.75, 3.05) is 23.3 Å². The van der Waals surface area contributed by atoms with Gasteiger partial charge < -0.3 is 10.2 Å². The van der Waals surface area contributed by atoms with Crippen LogP contribution in [0.1, 0.15) is 35.2 Å². The van der Waals surface area contributed by atoms with Gasteiger partial charge in [-0.1, -0.05) is 23.7 Å². The molecule has 1 saturated heterocycles. The summed E-state index contributed by atoms with van der Waals surface area (Å²) < 4.78 is 27.3. The summed E-state index contributed by atoms with van der Waals surface area (Å²) >= 11 is 6.00. The second-order valence-corrected chi connectivity index (χ2v) is 6.91. The largest absolute Gasteiger partial charge is 0.356 e. The first-order chi connectivity index (χ1) is 12.3. The Hall–Kier alpha value is -2.21. The molecule has 1 fully saturated rings. The summed E-state index contributed by atoms with van der Waals surface area (Å²) in [6.07, 6.45) is -0.0881. The van der Waals surface area contributed by atoms with Gasteiger partial charge in [-0.25, -0.2) is 13.8 Å². The lowest BCUT2D eigenvalue weighted by atomic mass is 10.1. The maximum atomic E-state index is 13.7. The smallest absolute Gasteiger partial charge is 0.259 e. The van der Waals surface area contributed by atoms with E-state index in [1.165, 1.54) is 6.07 Å². The summed E-state index contributed by atoms with van der Waals surface area (Å²) in [6, 6.07) is 10.5. The number of carbonyl (C=O) groups is 1. The molecule has 7 heteroatoms. The fourth-order valence-electron chi connectivity index (χ4n) is 3.04. The molecule has 1 aliphatic rings. The molecule has 0 unspecified atom stereocenters. The minimum absolute atomic E-state index is 0.130. The van der Waals surface area contributed by atoms with E-state index in [0.717, 1.165) is 5.56 Å². The third kappa shape index (κ3) is 4.49. The van der Waals surface area contributed by atoms with Gasteiger partial charge in [0.15, 0.2) is 0 Å². The highest BCUT2D eigenvalue weighted by molar-refractivity contribution is 6.29. The van der Waals surface area contributed by atoms with Crippen molar-refractivity contribution in [1.82, 2.24) is 4.98 Å². The zero-order chi connectivity index (χ0) is 18.7. The number of aryl methyl sites for hydroxylation is 1. The molecule has 0 bridgehead atoms. The van der Waals surface area contributed by atoms with Crippen molar-refractivity contribution < 1.29 is 13.6 Å². The van der Waals surface area contributed by atoms with Crippen molar-refractivity contribution in [3.05, 3.63) is 52.7 Å². The van der Waals surface area contributed by atoms with Crippen LogP contribution in [0.25, 0.3) is 0 Å². The van der Waals surface area contributed by atoms with Crippen molar-refractivity contribution in [3.63, 3.8) is 0 Å². The fourth-order valence-corrected chi connectivity index (χ4v) is 3.18. The van der Waals surface area contributed by atoms with E-state index in [9.17, 15) is 13.6 Å². The van der Waals surface area contributed by atoms with Crippen molar-refractivity contribution in [3.8, 4) is 0 Å². The Labute approximate surface area is 156 Å². The van der Waals surface area contributed by atoms with Gasteiger partial charge in [-0.15, -0.1) is 0 Å². The standard InChI is InChI=1S/C19H20ClF2N3O/c1-13-4-2-5-14(12-13)23-18(26)15-6-7-16(20)24-17(15)25-10-3-8-19(21,22)9-11-25/h2,4-7,12H,3,8-11H2,1H3,(H,23,26). The quantitative estimate of drug-likeness (QED) is 0.770. The van der Waals surface area contributed by atoms with Gasteiger partial charge >= 0.3 is 0 Å². The number of hydrogen-bond acceptors (Lipinski definition) is 3. The topological polar surface area (TPSA) is 45.2 Å². The molecule has 4 nitrogen and oxygen atoms in total. The average molecular weight is 380 g/mol. The normalized spacial score (nSPS) is 16.8. The average Bonchev–Trinajstić information content (AvgIpc) is 2.75. The summed E-state index contributed by atoms with van der Waals surface area (Å²) in [5.74, 6) is -2.68. The molecule has 26 heavy (non-hydrogen) atoms. The molecule has 0 radical (unpaired) electrons. The van der Waals surface area contributed by atoms with E-state index in [-0.39, 0.29) is 30.4 Å². The molecule has 1 aliphatic heterocycles. The fraction of sp³-hybridized carbons (Fsp3) is 0.368. The molecule has 1 aromatic heterocycles. The first-order valence-corrected chi connectivity index (χ1v) is 8.89. The molecule has 1 N–H and O–H groups in total. The van der Waals surface area contributed by atoms with E-state index in [1.54, 1.807) is 17.0 Å². The molecule has 1 amide bonds. The maximum absolute atomic E-state index is 13.7. The van der Waals surface area contributed by atoms with Crippen LogP contribution in [-0.4, -0.2) is 29.9 Å². The Balaban J connectivity index is 1.87. The summed E-state index contributed by atoms with van der Waals surface area (Å²) in [5, 5.41) is 3.06. The Morgan fingerprint density at radius 2 is 2.04 bits per heavy atom. The minimum atomic E-state index is -2.68. The number of rotatable bonds is 3. The van der Waals surface area contributed by atoms with Crippen LogP contribution in [0.15, 0.2) is 36.4 Å². The van der Waals surface area contributed by atoms with E-state index in [1.807, 2.05) is 25.1 Å². The highest BCUT2D eigenvalue weighted by Crippen LogP contribution is 2.31. The molecular formula is C19H20ClF2N3O. The number of nitrogens with zero attached hydrogens (tertiary/aromatic N) is 2. The zero-order valence-corrected chi connectivity index (χ0v) is 15.2. The van der Waals surface area contributed by atoms with Crippen LogP contribution in [0.2, 0.25) is 5.15 Å². The van der Waals surface area contributed by atoms with Crippen LogP contribution in [0, 0.1) is 6.92 Å². The van der Waals surface area contributed by atoms with Crippen LogP contribution in [0.4, 0.5) is 20.3 Å². The van der Waals surface area contributed by atoms with Crippen molar-refractivity contribution >= 4 is 29.0 Å². The molecule has 1 aromatic carbocycles. The van der Waals surface area contributed by atoms with E-state index >= 15 is 0 Å². The van der Waals surface area contributed by atoms with Gasteiger partial charge in [0.1, 0.15) is 11.0 Å². The van der Waals surface area contributed by atoms with E-state index in [4.69, 9.17) is 11.6 Å². The van der Waals surface area contributed by atoms with Crippen molar-refractivity contribution in [2.24, 2.45) is 0 Å². The number of nitrogens with one attached hydrogen (secondary N) is 1. The van der Waals surface area contributed by atoms with Crippen molar-refractivity contribution in [2.45, 2.75) is 32.1 Å². The Bertz CT molecular complexity index is 813. The Morgan fingerprint density at radius 1 is 1.23 bits per heavy atom. The SMILES string of the molecule is Cc1cccc(NC(=O)c2ccc(Cl)nc2N2CCCC(F)(F)CC2)c1. The van der Waals surface area contributed by atoms with Crippen LogP contribution in [0.3, 0.4) is 0 Å². The Morgan fingerprint density at radius 3 is 2.81 bits per heavy atom. The predicted molar refractivity (Wildman–Crippen MR) is 99.4 cm³/mol. The van der Waals surface area contributed by atoms with E-state index in [0.29, 0.717) is 30.0 Å². The van der Waals surface area contributed by atoms with Crippen LogP contribution in [0.5, 0.6) is 0 Å². The van der Waals surface area contributed by atoms with Gasteiger partial charge in [0.2, 0.25) is 5.92 Å². The molecular weight excluding hydrogens is 360 g/mol. The molecule has 2 heterocycles. The number of anilines is 2. The molecule has 3 rings (SSSR count). The Kier molecular flexibility index (Phi) is 5.41. The first kappa shape index (κ1) is 18.6.